The van der Waals surface area contributed by atoms with Crippen molar-refractivity contribution in [1.29, 1.82) is 0 Å². The summed E-state index contributed by atoms with van der Waals surface area (Å²) in [6, 6.07) is 11.0. The van der Waals surface area contributed by atoms with Crippen molar-refractivity contribution in [2.24, 2.45) is 0 Å². The molecule has 1 heterocycles. The topological polar surface area (TPSA) is 30.0 Å². The molecule has 3 rings (SSSR count). The highest BCUT2D eigenvalue weighted by molar-refractivity contribution is 6.10. The van der Waals surface area contributed by atoms with Crippen molar-refractivity contribution in [2.75, 3.05) is 0 Å². The first-order chi connectivity index (χ1) is 10.9. The summed E-state index contributed by atoms with van der Waals surface area (Å²) in [6.07, 6.45) is -3.80. The molecule has 2 aromatic carbocycles. The van der Waals surface area contributed by atoms with E-state index >= 15 is 0 Å². The molecule has 116 valence electrons. The number of hydrogen-bond donors (Lipinski definition) is 0. The molecule has 6 heteroatoms. The average Bonchev–Trinajstić information content (AvgIpc) is 2.54. The van der Waals surface area contributed by atoms with Gasteiger partial charge in [0.15, 0.2) is 5.78 Å². The molecule has 0 N–H and O–H groups in total. The number of benzene rings is 2. The lowest BCUT2D eigenvalue weighted by Crippen LogP contribution is -2.10. The van der Waals surface area contributed by atoms with Gasteiger partial charge in [0, 0.05) is 17.1 Å². The second kappa shape index (κ2) is 5.46. The summed E-state index contributed by atoms with van der Waals surface area (Å²) in [5, 5.41) is -0.332. The van der Waals surface area contributed by atoms with Crippen molar-refractivity contribution in [3.8, 4) is 0 Å². The van der Waals surface area contributed by atoms with Crippen LogP contribution in [0, 0.1) is 5.82 Å². The van der Waals surface area contributed by atoms with Crippen molar-refractivity contribution in [3.05, 3.63) is 77.2 Å². The first-order valence-corrected chi connectivity index (χ1v) is 6.64. The molecule has 0 saturated carbocycles. The third-order valence-corrected chi connectivity index (χ3v) is 3.42. The standard InChI is InChI=1S/C17H9F4NO/c18-14-11-7-4-8-13(17(19,20)21)15(11)22-9-12(14)16(23)10-5-2-1-3-6-10/h1-9H. The number of para-hydroxylation sites is 1. The highest BCUT2D eigenvalue weighted by Gasteiger charge is 2.34. The number of carbonyl (C=O) groups is 1. The summed E-state index contributed by atoms with van der Waals surface area (Å²) >= 11 is 0. The Morgan fingerprint density at radius 2 is 1.65 bits per heavy atom. The fourth-order valence-electron chi connectivity index (χ4n) is 2.32. The quantitative estimate of drug-likeness (QED) is 0.509. The SMILES string of the molecule is O=C(c1ccccc1)c1cnc2c(C(F)(F)F)cccc2c1F. The number of nitrogens with zero attached hydrogens (tertiary/aromatic N) is 1. The molecule has 23 heavy (non-hydrogen) atoms. The number of pyridine rings is 1. The molecule has 0 bridgehead atoms. The predicted octanol–water partition coefficient (Wildman–Crippen LogP) is 4.62. The monoisotopic (exact) mass is 319 g/mol. The van der Waals surface area contributed by atoms with E-state index < -0.39 is 28.9 Å². The summed E-state index contributed by atoms with van der Waals surface area (Å²) in [5.74, 6) is -1.63. The Morgan fingerprint density at radius 1 is 0.957 bits per heavy atom. The van der Waals surface area contributed by atoms with Gasteiger partial charge in [-0.15, -0.1) is 0 Å². The van der Waals surface area contributed by atoms with Crippen LogP contribution >= 0.6 is 0 Å². The van der Waals surface area contributed by atoms with E-state index in [9.17, 15) is 22.4 Å². The highest BCUT2D eigenvalue weighted by atomic mass is 19.4. The maximum absolute atomic E-state index is 14.5. The van der Waals surface area contributed by atoms with Crippen LogP contribution in [0.5, 0.6) is 0 Å². The van der Waals surface area contributed by atoms with Crippen LogP contribution in [0.25, 0.3) is 10.9 Å². The van der Waals surface area contributed by atoms with E-state index in [4.69, 9.17) is 0 Å². The second-order valence-corrected chi connectivity index (χ2v) is 4.88. The molecule has 0 aliphatic carbocycles. The first-order valence-electron chi connectivity index (χ1n) is 6.64. The van der Waals surface area contributed by atoms with Crippen molar-refractivity contribution in [3.63, 3.8) is 0 Å². The molecule has 0 aliphatic heterocycles. The Kier molecular flexibility index (Phi) is 3.60. The molecule has 0 fully saturated rings. The minimum absolute atomic E-state index is 0.236. The van der Waals surface area contributed by atoms with Crippen LogP contribution in [0.2, 0.25) is 0 Å². The smallest absolute Gasteiger partial charge is 0.288 e. The number of hydrogen-bond acceptors (Lipinski definition) is 2. The fourth-order valence-corrected chi connectivity index (χ4v) is 2.32. The molecular weight excluding hydrogens is 310 g/mol. The third-order valence-electron chi connectivity index (χ3n) is 3.42. The van der Waals surface area contributed by atoms with Gasteiger partial charge in [0.05, 0.1) is 16.6 Å². The van der Waals surface area contributed by atoms with Crippen LogP contribution in [0.15, 0.2) is 54.7 Å². The lowest BCUT2D eigenvalue weighted by Gasteiger charge is -2.11. The normalized spacial score (nSPS) is 11.7. The molecule has 0 saturated heterocycles. The summed E-state index contributed by atoms with van der Waals surface area (Å²) in [7, 11) is 0. The average molecular weight is 319 g/mol. The highest BCUT2D eigenvalue weighted by Crippen LogP contribution is 2.35. The zero-order valence-electron chi connectivity index (χ0n) is 11.6. The minimum Gasteiger partial charge on any atom is -0.288 e. The van der Waals surface area contributed by atoms with E-state index in [0.29, 0.717) is 0 Å². The van der Waals surface area contributed by atoms with Gasteiger partial charge in [-0.3, -0.25) is 9.78 Å². The Bertz CT molecular complexity index is 888. The molecule has 0 spiro atoms. The summed E-state index contributed by atoms with van der Waals surface area (Å²) in [4.78, 5) is 16.0. The van der Waals surface area contributed by atoms with Gasteiger partial charge in [0.25, 0.3) is 0 Å². The second-order valence-electron chi connectivity index (χ2n) is 4.88. The first kappa shape index (κ1) is 15.1. The number of aromatic nitrogens is 1. The number of rotatable bonds is 2. The number of alkyl halides is 3. The van der Waals surface area contributed by atoms with Gasteiger partial charge in [-0.1, -0.05) is 36.4 Å². The van der Waals surface area contributed by atoms with Crippen LogP contribution in [-0.4, -0.2) is 10.8 Å². The Hall–Kier alpha value is -2.76. The maximum Gasteiger partial charge on any atom is 0.418 e. The number of carbonyl (C=O) groups excluding carboxylic acids is 1. The minimum atomic E-state index is -4.65. The van der Waals surface area contributed by atoms with Crippen molar-refractivity contribution in [1.82, 2.24) is 4.98 Å². The lowest BCUT2D eigenvalue weighted by molar-refractivity contribution is -0.136. The summed E-state index contributed by atoms with van der Waals surface area (Å²) in [6.45, 7) is 0. The molecule has 0 amide bonds. The number of ketones is 1. The van der Waals surface area contributed by atoms with Gasteiger partial charge in [-0.05, 0) is 12.1 Å². The Labute approximate surface area is 128 Å². The molecular formula is C17H9F4NO. The van der Waals surface area contributed by atoms with Crippen LogP contribution < -0.4 is 0 Å². The summed E-state index contributed by atoms with van der Waals surface area (Å²) < 4.78 is 53.4. The van der Waals surface area contributed by atoms with Gasteiger partial charge in [0.2, 0.25) is 0 Å². The van der Waals surface area contributed by atoms with Crippen molar-refractivity contribution >= 4 is 16.7 Å². The van der Waals surface area contributed by atoms with Gasteiger partial charge < -0.3 is 0 Å². The molecule has 2 nitrogen and oxygen atoms in total. The van der Waals surface area contributed by atoms with E-state index in [0.717, 1.165) is 18.3 Å². The van der Waals surface area contributed by atoms with Crippen LogP contribution in [-0.2, 0) is 6.18 Å². The van der Waals surface area contributed by atoms with Gasteiger partial charge in [0.1, 0.15) is 5.82 Å². The fraction of sp³-hybridized carbons (Fsp3) is 0.0588. The van der Waals surface area contributed by atoms with E-state index in [2.05, 4.69) is 4.98 Å². The van der Waals surface area contributed by atoms with E-state index in [1.54, 1.807) is 18.2 Å². The molecule has 1 aromatic heterocycles. The molecule has 0 unspecified atom stereocenters. The molecule has 0 atom stereocenters. The summed E-state index contributed by atoms with van der Waals surface area (Å²) in [5.41, 5.74) is -1.67. The van der Waals surface area contributed by atoms with Gasteiger partial charge in [-0.2, -0.15) is 13.2 Å². The predicted molar refractivity (Wildman–Crippen MR) is 76.6 cm³/mol. The van der Waals surface area contributed by atoms with E-state index in [1.807, 2.05) is 0 Å². The van der Waals surface area contributed by atoms with Crippen LogP contribution in [0.1, 0.15) is 21.5 Å². The lowest BCUT2D eigenvalue weighted by atomic mass is 10.0. The van der Waals surface area contributed by atoms with Crippen LogP contribution in [0.4, 0.5) is 17.6 Å². The van der Waals surface area contributed by atoms with Crippen molar-refractivity contribution < 1.29 is 22.4 Å². The Morgan fingerprint density at radius 3 is 2.30 bits per heavy atom. The number of halogens is 4. The molecule has 0 aliphatic rings. The number of fused-ring (bicyclic) bond motifs is 1. The zero-order valence-corrected chi connectivity index (χ0v) is 11.6. The van der Waals surface area contributed by atoms with Gasteiger partial charge >= 0.3 is 6.18 Å². The largest absolute Gasteiger partial charge is 0.418 e. The van der Waals surface area contributed by atoms with Crippen LogP contribution in [0.3, 0.4) is 0 Å². The van der Waals surface area contributed by atoms with E-state index in [1.165, 1.54) is 18.2 Å². The zero-order chi connectivity index (χ0) is 16.6. The van der Waals surface area contributed by atoms with Gasteiger partial charge in [-0.25, -0.2) is 4.39 Å². The maximum atomic E-state index is 14.5. The molecule has 3 aromatic rings. The van der Waals surface area contributed by atoms with E-state index in [-0.39, 0.29) is 16.5 Å². The molecule has 0 radical (unpaired) electrons. The Balaban J connectivity index is 2.19. The van der Waals surface area contributed by atoms with Crippen molar-refractivity contribution in [2.45, 2.75) is 6.18 Å². The third kappa shape index (κ3) is 2.67.